The summed E-state index contributed by atoms with van der Waals surface area (Å²) in [7, 11) is 0. The van der Waals surface area contributed by atoms with E-state index >= 15 is 0 Å². The van der Waals surface area contributed by atoms with E-state index in [1.54, 1.807) is 0 Å². The fourth-order valence-electron chi connectivity index (χ4n) is 0. The summed E-state index contributed by atoms with van der Waals surface area (Å²) in [5.41, 5.74) is 0. The monoisotopic (exact) mass is 125 g/mol. The fourth-order valence-corrected chi connectivity index (χ4v) is 0. The molecule has 2 nitrogen and oxygen atoms in total. The third-order valence-electron chi connectivity index (χ3n) is 0.175. The van der Waals surface area contributed by atoms with Gasteiger partial charge in [-0.15, -0.1) is 13.2 Å². The van der Waals surface area contributed by atoms with Gasteiger partial charge in [-0.05, 0) is 0 Å². The Kier molecular flexibility index (Phi) is 30.9. The van der Waals surface area contributed by atoms with E-state index in [-0.39, 0.29) is 31.0 Å². The molecule has 0 saturated carbocycles. The zero-order valence-corrected chi connectivity index (χ0v) is 7.05. The van der Waals surface area contributed by atoms with E-state index in [9.17, 15) is 4.79 Å². The first-order valence-electron chi connectivity index (χ1n) is 1.62. The normalized spacial score (nSPS) is 4.50. The number of hydrogen-bond donors (Lipinski definition) is 1. The second-order valence-corrected chi connectivity index (χ2v) is 0.542. The topological polar surface area (TPSA) is 37.3 Å². The van der Waals surface area contributed by atoms with Crippen LogP contribution in [0.2, 0.25) is 0 Å². The quantitative estimate of drug-likeness (QED) is 0.321. The van der Waals surface area contributed by atoms with Crippen molar-refractivity contribution in [2.24, 2.45) is 0 Å². The molecule has 0 spiro atoms. The Morgan fingerprint density at radius 2 is 1.75 bits per heavy atom. The van der Waals surface area contributed by atoms with E-state index in [0.29, 0.717) is 0 Å². The molecule has 0 aromatic heterocycles. The molecule has 0 heterocycles. The van der Waals surface area contributed by atoms with Crippen molar-refractivity contribution in [2.75, 3.05) is 0 Å². The van der Waals surface area contributed by atoms with Crippen molar-refractivity contribution < 1.29 is 11.3 Å². The molecule has 0 fully saturated rings. The fraction of sp³-hybridized carbons (Fsp3) is 0. The van der Waals surface area contributed by atoms with Gasteiger partial charge in [0, 0.05) is 37.1 Å². The van der Waals surface area contributed by atoms with Gasteiger partial charge in [0.05, 0.1) is 0 Å². The molecule has 1 radical (unpaired) electrons. The number of hydrogen-bond acceptors (Lipinski definition) is 1. The van der Waals surface area contributed by atoms with Crippen LogP contribution in [-0.4, -0.2) is 40.6 Å². The average Bonchev–Trinajstić information content (AvgIpc) is 1.73. The minimum Gasteiger partial charge on any atom is -0.478 e. The maximum atomic E-state index is 9.25. The first kappa shape index (κ1) is 15.7. The zero-order chi connectivity index (χ0) is 6.28. The molecule has 43 valence electrons. The summed E-state index contributed by atoms with van der Waals surface area (Å²) in [6.45, 7) is 8.96. The van der Waals surface area contributed by atoms with Crippen molar-refractivity contribution in [3.05, 3.63) is 25.8 Å². The number of carboxylic acids is 1. The first-order chi connectivity index (χ1) is 3.27. The molecule has 0 rings (SSSR count). The van der Waals surface area contributed by atoms with Gasteiger partial charge < -0.3 is 5.11 Å². The molecule has 3 heteroatoms. The summed E-state index contributed by atoms with van der Waals surface area (Å²) in [5.74, 6) is -0.981. The van der Waals surface area contributed by atoms with Crippen molar-refractivity contribution >= 4 is 35.5 Å². The SMILES string of the molecule is C=C.C=CC(=O)O.[HH].[Na]. The predicted octanol–water partition coefficient (Wildman–Crippen LogP) is 0.924. The summed E-state index contributed by atoms with van der Waals surface area (Å²) in [4.78, 5) is 9.25. The first-order valence-corrected chi connectivity index (χ1v) is 1.62. The van der Waals surface area contributed by atoms with Crippen LogP contribution in [0.3, 0.4) is 0 Å². The minimum atomic E-state index is -0.981. The van der Waals surface area contributed by atoms with Crippen molar-refractivity contribution in [2.45, 2.75) is 0 Å². The van der Waals surface area contributed by atoms with E-state index < -0.39 is 5.97 Å². The Morgan fingerprint density at radius 1 is 1.62 bits per heavy atom. The Morgan fingerprint density at radius 3 is 1.75 bits per heavy atom. The van der Waals surface area contributed by atoms with Crippen molar-refractivity contribution in [3.63, 3.8) is 0 Å². The molecule has 8 heavy (non-hydrogen) atoms. The molecule has 0 amide bonds. The number of rotatable bonds is 1. The summed E-state index contributed by atoms with van der Waals surface area (Å²) >= 11 is 0. The van der Waals surface area contributed by atoms with Crippen LogP contribution >= 0.6 is 0 Å². The zero-order valence-electron chi connectivity index (χ0n) is 5.05. The van der Waals surface area contributed by atoms with Gasteiger partial charge in [0.1, 0.15) is 0 Å². The van der Waals surface area contributed by atoms with Crippen LogP contribution in [0.15, 0.2) is 25.8 Å². The summed E-state index contributed by atoms with van der Waals surface area (Å²) in [6, 6.07) is 0. The molecule has 0 saturated heterocycles. The maximum absolute atomic E-state index is 9.25. The molecule has 0 aromatic carbocycles. The molecule has 0 aromatic rings. The molecular formula is C5H10NaO2. The number of carboxylic acid groups (broad SMARTS) is 1. The van der Waals surface area contributed by atoms with Crippen LogP contribution in [0.1, 0.15) is 1.43 Å². The second-order valence-electron chi connectivity index (χ2n) is 0.542. The van der Waals surface area contributed by atoms with Gasteiger partial charge in [0.2, 0.25) is 0 Å². The molecule has 0 unspecified atom stereocenters. The van der Waals surface area contributed by atoms with Gasteiger partial charge in [-0.3, -0.25) is 0 Å². The second kappa shape index (κ2) is 15.8. The van der Waals surface area contributed by atoms with Gasteiger partial charge in [-0.2, -0.15) is 0 Å². The Labute approximate surface area is 72.7 Å². The van der Waals surface area contributed by atoms with Crippen LogP contribution in [0.4, 0.5) is 0 Å². The minimum absolute atomic E-state index is 0. The summed E-state index contributed by atoms with van der Waals surface area (Å²) in [5, 5.41) is 7.60. The van der Waals surface area contributed by atoms with Crippen molar-refractivity contribution in [1.82, 2.24) is 0 Å². The Hall–Kier alpha value is -0.0500. The van der Waals surface area contributed by atoms with Gasteiger partial charge in [-0.1, -0.05) is 6.58 Å². The number of carbonyl (C=O) groups is 1. The van der Waals surface area contributed by atoms with E-state index in [1.165, 1.54) is 0 Å². The van der Waals surface area contributed by atoms with Crippen LogP contribution in [0.5, 0.6) is 0 Å². The van der Waals surface area contributed by atoms with E-state index in [0.717, 1.165) is 6.08 Å². The van der Waals surface area contributed by atoms with Crippen LogP contribution in [-0.2, 0) is 4.79 Å². The van der Waals surface area contributed by atoms with E-state index in [4.69, 9.17) is 5.11 Å². The summed E-state index contributed by atoms with van der Waals surface area (Å²) < 4.78 is 0. The van der Waals surface area contributed by atoms with Gasteiger partial charge in [0.25, 0.3) is 0 Å². The molecule has 0 aliphatic carbocycles. The van der Waals surface area contributed by atoms with E-state index in [1.807, 2.05) is 0 Å². The van der Waals surface area contributed by atoms with Crippen molar-refractivity contribution in [3.8, 4) is 0 Å². The van der Waals surface area contributed by atoms with Crippen LogP contribution < -0.4 is 0 Å². The molecule has 0 aliphatic rings. The van der Waals surface area contributed by atoms with Crippen molar-refractivity contribution in [1.29, 1.82) is 0 Å². The third-order valence-corrected chi connectivity index (χ3v) is 0.175. The molecule has 0 bridgehead atoms. The molecule has 0 atom stereocenters. The maximum Gasteiger partial charge on any atom is 0.327 e. The Balaban J connectivity index is -0.0000000286. The number of aliphatic carboxylic acids is 1. The third kappa shape index (κ3) is 38.3. The molecular weight excluding hydrogens is 115 g/mol. The van der Waals surface area contributed by atoms with Gasteiger partial charge in [0.15, 0.2) is 0 Å². The largest absolute Gasteiger partial charge is 0.478 e. The molecule has 1 N–H and O–H groups in total. The standard InChI is InChI=1S/C3H4O2.C2H4.Na.H2/c1-2-3(4)5;1-2;;/h2H,1H2,(H,4,5);1-2H2;;1H. The Bertz CT molecular complexity index is 75.4. The van der Waals surface area contributed by atoms with Crippen LogP contribution in [0, 0.1) is 0 Å². The van der Waals surface area contributed by atoms with E-state index in [2.05, 4.69) is 19.7 Å². The van der Waals surface area contributed by atoms with Gasteiger partial charge >= 0.3 is 5.97 Å². The van der Waals surface area contributed by atoms with Crippen LogP contribution in [0.25, 0.3) is 0 Å². The molecule has 0 aliphatic heterocycles. The van der Waals surface area contributed by atoms with Gasteiger partial charge in [-0.25, -0.2) is 4.79 Å². The summed E-state index contributed by atoms with van der Waals surface area (Å²) in [6.07, 6.45) is 0.833. The average molecular weight is 125 g/mol. The smallest absolute Gasteiger partial charge is 0.327 e. The predicted molar refractivity (Wildman–Crippen MR) is 37.0 cm³/mol.